The Labute approximate surface area is 150 Å². The topological polar surface area (TPSA) is 37.3 Å². The fraction of sp³-hybridized carbons (Fsp3) is 0.476. The van der Waals surface area contributed by atoms with E-state index >= 15 is 0 Å². The number of carbonyl (C=O) groups is 1. The molecule has 2 heteroatoms. The zero-order valence-electron chi connectivity index (χ0n) is 19.9. The first-order valence-electron chi connectivity index (χ1n) is 11.0. The number of rotatable bonds is 14. The molecule has 0 saturated heterocycles. The fourth-order valence-corrected chi connectivity index (χ4v) is 1.54. The van der Waals surface area contributed by atoms with Gasteiger partial charge < -0.3 is 5.11 Å². The van der Waals surface area contributed by atoms with Gasteiger partial charge in [-0.1, -0.05) is 67.7 Å². The van der Waals surface area contributed by atoms with Crippen LogP contribution in [0.1, 0.15) is 72.8 Å². The van der Waals surface area contributed by atoms with E-state index in [2.05, 4.69) is 37.3 Å². The van der Waals surface area contributed by atoms with Crippen molar-refractivity contribution in [1.29, 1.82) is 0 Å². The minimum Gasteiger partial charge on any atom is -0.481 e. The van der Waals surface area contributed by atoms with Crippen LogP contribution in [-0.2, 0) is 4.79 Å². The molecule has 0 amide bonds. The van der Waals surface area contributed by atoms with Crippen molar-refractivity contribution in [2.24, 2.45) is 0 Å². The zero-order valence-corrected chi connectivity index (χ0v) is 13.9. The van der Waals surface area contributed by atoms with E-state index in [-0.39, 0.29) is 0 Å². The van der Waals surface area contributed by atoms with Crippen molar-refractivity contribution in [3.63, 3.8) is 0 Å². The highest BCUT2D eigenvalue weighted by atomic mass is 16.4. The van der Waals surface area contributed by atoms with Gasteiger partial charge in [0.05, 0.1) is 0 Å². The van der Waals surface area contributed by atoms with Gasteiger partial charge in [0.2, 0.25) is 0 Å². The van der Waals surface area contributed by atoms with Crippen molar-refractivity contribution in [1.82, 2.24) is 0 Å². The summed E-state index contributed by atoms with van der Waals surface area (Å²) >= 11 is 0. The summed E-state index contributed by atoms with van der Waals surface area (Å²) in [6, 6.07) is 0. The Kier molecular flexibility index (Phi) is 9.96. The highest BCUT2D eigenvalue weighted by molar-refractivity contribution is 5.66. The Morgan fingerprint density at radius 2 is 1.22 bits per heavy atom. The molecular weight excluding hydrogens is 284 g/mol. The normalized spacial score (nSPS) is 18.5. The first-order chi connectivity index (χ1) is 13.5. The summed E-state index contributed by atoms with van der Waals surface area (Å²) in [4.78, 5) is 10.9. The quantitative estimate of drug-likeness (QED) is 0.377. The molecule has 0 aliphatic carbocycles. The van der Waals surface area contributed by atoms with Crippen molar-refractivity contribution in [3.05, 3.63) is 60.8 Å². The van der Waals surface area contributed by atoms with Gasteiger partial charge in [-0.2, -0.15) is 0 Å². The molecule has 0 unspecified atom stereocenters. The summed E-state index contributed by atoms with van der Waals surface area (Å²) in [7, 11) is 0. The van der Waals surface area contributed by atoms with Gasteiger partial charge in [-0.25, -0.2) is 0 Å². The van der Waals surface area contributed by atoms with Crippen molar-refractivity contribution >= 4 is 5.97 Å². The molecule has 0 bridgehead atoms. The number of carboxylic acids is 1. The molecule has 0 heterocycles. The monoisotopic (exact) mass is 322 g/mol. The van der Waals surface area contributed by atoms with Crippen LogP contribution in [0.3, 0.4) is 0 Å². The van der Waals surface area contributed by atoms with E-state index in [0.29, 0.717) is 6.42 Å². The van der Waals surface area contributed by atoms with Gasteiger partial charge in [0.1, 0.15) is 0 Å². The Balaban J connectivity index is 4.27. The van der Waals surface area contributed by atoms with Gasteiger partial charge in [0, 0.05) is 14.6 Å². The molecule has 0 aromatic rings. The number of hydrogen-bond donors (Lipinski definition) is 1. The Morgan fingerprint density at radius 1 is 0.783 bits per heavy atom. The van der Waals surface area contributed by atoms with E-state index in [1.807, 2.05) is 18.2 Å². The predicted octanol–water partition coefficient (Wildman–Crippen LogP) is 6.38. The standard InChI is InChI=1S/C21H32O2/c1-2-3-4-5-6-7-8-9-10-11-12-13-14-15-16-17-18-19-20-21(22)23/h3-4,6-7,9-10,12-13,15-16H,2,5,8,11,14,17-20H2,1H3,(H,22,23)/b4-3-,7-6-,10-9-,13-12-,16-15-/i18D2,19D2,20D2. The smallest absolute Gasteiger partial charge is 0.303 e. The molecule has 0 aliphatic heterocycles. The summed E-state index contributed by atoms with van der Waals surface area (Å²) in [5, 5.41) is 8.82. The molecule has 1 N–H and O–H groups in total. The predicted molar refractivity (Wildman–Crippen MR) is 101 cm³/mol. The molecule has 0 rings (SSSR count). The maximum atomic E-state index is 10.9. The summed E-state index contributed by atoms with van der Waals surface area (Å²) < 4.78 is 45.4. The van der Waals surface area contributed by atoms with E-state index in [1.165, 1.54) is 6.08 Å². The lowest BCUT2D eigenvalue weighted by Gasteiger charge is -1.92. The van der Waals surface area contributed by atoms with Gasteiger partial charge in [-0.05, 0) is 51.3 Å². The molecule has 23 heavy (non-hydrogen) atoms. The van der Waals surface area contributed by atoms with Crippen molar-refractivity contribution in [2.75, 3.05) is 0 Å². The third kappa shape index (κ3) is 20.2. The second-order valence-electron chi connectivity index (χ2n) is 4.64. The van der Waals surface area contributed by atoms with Crippen LogP contribution >= 0.6 is 0 Å². The third-order valence-electron chi connectivity index (χ3n) is 2.64. The van der Waals surface area contributed by atoms with E-state index in [0.717, 1.165) is 25.7 Å². The van der Waals surface area contributed by atoms with Gasteiger partial charge in [-0.3, -0.25) is 4.79 Å². The number of allylic oxidation sites excluding steroid dienone is 10. The van der Waals surface area contributed by atoms with Crippen LogP contribution in [0.2, 0.25) is 0 Å². The molecule has 0 aliphatic rings. The second-order valence-corrected chi connectivity index (χ2v) is 4.64. The summed E-state index contributed by atoms with van der Waals surface area (Å²) in [5.74, 6) is -2.02. The minimum absolute atomic E-state index is 0.416. The van der Waals surface area contributed by atoms with Gasteiger partial charge >= 0.3 is 5.97 Å². The largest absolute Gasteiger partial charge is 0.481 e. The first kappa shape index (κ1) is 12.6. The molecule has 0 radical (unpaired) electrons. The summed E-state index contributed by atoms with van der Waals surface area (Å²) in [5.41, 5.74) is 0. The number of aliphatic carboxylic acids is 1. The van der Waals surface area contributed by atoms with Crippen molar-refractivity contribution in [3.8, 4) is 0 Å². The average Bonchev–Trinajstić information content (AvgIpc) is 2.64. The molecular formula is C21H32O2. The highest BCUT2D eigenvalue weighted by Gasteiger charge is 1.93. The first-order valence-corrected chi connectivity index (χ1v) is 7.99. The van der Waals surface area contributed by atoms with Crippen LogP contribution in [0.5, 0.6) is 0 Å². The lowest BCUT2D eigenvalue weighted by molar-refractivity contribution is -0.137. The van der Waals surface area contributed by atoms with Crippen LogP contribution < -0.4 is 0 Å². The van der Waals surface area contributed by atoms with E-state index in [4.69, 9.17) is 13.3 Å². The molecule has 0 fully saturated rings. The molecule has 0 aromatic carbocycles. The lowest BCUT2D eigenvalue weighted by atomic mass is 10.2. The fourth-order valence-electron chi connectivity index (χ4n) is 1.54. The van der Waals surface area contributed by atoms with Gasteiger partial charge in [0.25, 0.3) is 0 Å². The number of carboxylic acid groups (broad SMARTS) is 1. The second kappa shape index (κ2) is 18.2. The Hall–Kier alpha value is -1.83. The van der Waals surface area contributed by atoms with Crippen LogP contribution in [0.25, 0.3) is 0 Å². The lowest BCUT2D eigenvalue weighted by Crippen LogP contribution is -1.92. The highest BCUT2D eigenvalue weighted by Crippen LogP contribution is 2.01. The van der Waals surface area contributed by atoms with E-state index in [9.17, 15) is 4.79 Å². The van der Waals surface area contributed by atoms with Gasteiger partial charge in [-0.15, -0.1) is 0 Å². The maximum absolute atomic E-state index is 10.9. The SMILES string of the molecule is [2H]C([2H])(C/C=C\C/C=C\C/C=C\C/C=C\C/C=C\CC)C([2H])([2H])C([2H])([2H])C(=O)O. The van der Waals surface area contributed by atoms with Crippen LogP contribution in [0, 0.1) is 0 Å². The maximum Gasteiger partial charge on any atom is 0.303 e. The van der Waals surface area contributed by atoms with E-state index in [1.54, 1.807) is 6.08 Å². The van der Waals surface area contributed by atoms with Crippen LogP contribution in [0.15, 0.2) is 60.8 Å². The zero-order chi connectivity index (χ0) is 22.4. The average molecular weight is 323 g/mol. The minimum atomic E-state index is -3.32. The molecule has 128 valence electrons. The van der Waals surface area contributed by atoms with Crippen molar-refractivity contribution < 1.29 is 18.1 Å². The molecule has 0 spiro atoms. The van der Waals surface area contributed by atoms with E-state index < -0.39 is 31.5 Å². The van der Waals surface area contributed by atoms with Gasteiger partial charge in [0.15, 0.2) is 0 Å². The Bertz CT molecular complexity index is 631. The summed E-state index contributed by atoms with van der Waals surface area (Å²) in [6.45, 7) is 2.10. The molecule has 0 aromatic heterocycles. The third-order valence-corrected chi connectivity index (χ3v) is 2.64. The molecule has 0 saturated carbocycles. The molecule has 2 nitrogen and oxygen atoms in total. The Morgan fingerprint density at radius 3 is 1.65 bits per heavy atom. The van der Waals surface area contributed by atoms with Crippen LogP contribution in [-0.4, -0.2) is 11.1 Å². The van der Waals surface area contributed by atoms with Crippen LogP contribution in [0.4, 0.5) is 0 Å². The molecule has 0 atom stereocenters. The summed E-state index contributed by atoms with van der Waals surface area (Å²) in [6.07, 6.45) is 14.2. The number of hydrogen-bond acceptors (Lipinski definition) is 1. The van der Waals surface area contributed by atoms with Crippen molar-refractivity contribution in [2.45, 2.75) is 64.6 Å².